The molecule has 1 N–H and O–H groups in total. The molecular weight excluding hydrogens is 387 g/mol. The fourth-order valence-electron chi connectivity index (χ4n) is 2.95. The number of hydrogen-bond acceptors (Lipinski definition) is 5. The van der Waals surface area contributed by atoms with Gasteiger partial charge in [-0.2, -0.15) is 0 Å². The van der Waals surface area contributed by atoms with Gasteiger partial charge >= 0.3 is 0 Å². The number of rotatable bonds is 1. The van der Waals surface area contributed by atoms with Crippen molar-refractivity contribution < 1.29 is 9.53 Å². The van der Waals surface area contributed by atoms with Crippen LogP contribution in [0.5, 0.6) is 5.75 Å². The summed E-state index contributed by atoms with van der Waals surface area (Å²) in [5, 5.41) is 4.27. The summed E-state index contributed by atoms with van der Waals surface area (Å²) in [4.78, 5) is 20.4. The van der Waals surface area contributed by atoms with Crippen molar-refractivity contribution in [3.8, 4) is 17.6 Å². The Morgan fingerprint density at radius 3 is 2.59 bits per heavy atom. The van der Waals surface area contributed by atoms with E-state index >= 15 is 0 Å². The number of hydrogen-bond donors (Lipinski definition) is 1. The number of aromatic nitrogens is 1. The second kappa shape index (κ2) is 7.65. The van der Waals surface area contributed by atoms with Gasteiger partial charge in [-0.05, 0) is 36.4 Å². The van der Waals surface area contributed by atoms with E-state index in [0.717, 1.165) is 5.56 Å². The number of piperazine rings is 1. The number of benzene rings is 1. The Hall–Kier alpha value is -2.46. The van der Waals surface area contributed by atoms with Gasteiger partial charge in [0, 0.05) is 42.7 Å². The molecule has 3 heterocycles. The highest BCUT2D eigenvalue weighted by Gasteiger charge is 2.31. The number of nitrogens with zero attached hydrogens (tertiary/aromatic N) is 3. The molecule has 0 aliphatic carbocycles. The first-order chi connectivity index (χ1) is 13.1. The van der Waals surface area contributed by atoms with Crippen molar-refractivity contribution in [1.82, 2.24) is 14.8 Å². The normalized spacial score (nSPS) is 18.7. The van der Waals surface area contributed by atoms with Crippen molar-refractivity contribution in [2.24, 2.45) is 0 Å². The van der Waals surface area contributed by atoms with Gasteiger partial charge in [0.15, 0.2) is 11.6 Å². The number of fused-ring (bicyclic) bond motifs is 1. The topological polar surface area (TPSA) is 57.7 Å². The van der Waals surface area contributed by atoms with Crippen molar-refractivity contribution in [3.05, 3.63) is 52.1 Å². The van der Waals surface area contributed by atoms with Crippen LogP contribution in [0.25, 0.3) is 0 Å². The lowest BCUT2D eigenvalue weighted by atomic mass is 10.2. The average molecular weight is 403 g/mol. The van der Waals surface area contributed by atoms with Crippen LogP contribution in [-0.4, -0.2) is 53.2 Å². The first-order valence-electron chi connectivity index (χ1n) is 8.49. The van der Waals surface area contributed by atoms with E-state index in [2.05, 4.69) is 27.0 Å². The molecule has 2 aliphatic heterocycles. The largest absolute Gasteiger partial charge is 0.453 e. The van der Waals surface area contributed by atoms with Crippen LogP contribution in [0.3, 0.4) is 0 Å². The lowest BCUT2D eigenvalue weighted by molar-refractivity contribution is -0.127. The molecule has 8 heteroatoms. The fourth-order valence-corrected chi connectivity index (χ4v) is 3.22. The highest BCUT2D eigenvalue weighted by Crippen LogP contribution is 2.32. The summed E-state index contributed by atoms with van der Waals surface area (Å²) in [6, 6.07) is 10.6. The number of ether oxygens (including phenoxy) is 1. The first kappa shape index (κ1) is 17.9. The minimum Gasteiger partial charge on any atom is -0.453 e. The molecule has 0 bridgehead atoms. The summed E-state index contributed by atoms with van der Waals surface area (Å²) < 4.78 is 5.86. The Kier molecular flexibility index (Phi) is 5.08. The molecule has 1 aromatic heterocycles. The molecule has 1 saturated heterocycles. The third-order valence-corrected chi connectivity index (χ3v) is 4.88. The van der Waals surface area contributed by atoms with Crippen molar-refractivity contribution in [2.75, 3.05) is 31.5 Å². The second-order valence-corrected chi connectivity index (χ2v) is 7.00. The SMILES string of the molecule is O=C(C#Cc1ccc(Cl)cc1)N1CCN(C2Nc3nc(Cl)ccc3O2)CC1. The summed E-state index contributed by atoms with van der Waals surface area (Å²) in [7, 11) is 0. The lowest BCUT2D eigenvalue weighted by Crippen LogP contribution is -2.54. The number of carbonyl (C=O) groups is 1. The molecule has 2 aromatic rings. The molecule has 1 unspecified atom stereocenters. The van der Waals surface area contributed by atoms with E-state index in [0.29, 0.717) is 47.9 Å². The second-order valence-electron chi connectivity index (χ2n) is 6.18. The van der Waals surface area contributed by atoms with Crippen LogP contribution in [-0.2, 0) is 4.79 Å². The monoisotopic (exact) mass is 402 g/mol. The maximum absolute atomic E-state index is 12.3. The maximum atomic E-state index is 12.3. The van der Waals surface area contributed by atoms with Crippen LogP contribution in [0, 0.1) is 11.8 Å². The summed E-state index contributed by atoms with van der Waals surface area (Å²) in [5.74, 6) is 6.72. The number of anilines is 1. The van der Waals surface area contributed by atoms with Crippen LogP contribution in [0.4, 0.5) is 5.82 Å². The van der Waals surface area contributed by atoms with Gasteiger partial charge in [0.25, 0.3) is 5.91 Å². The molecule has 27 heavy (non-hydrogen) atoms. The quantitative estimate of drug-likeness (QED) is 0.586. The molecule has 1 amide bonds. The zero-order valence-corrected chi connectivity index (χ0v) is 15.8. The predicted molar refractivity (Wildman–Crippen MR) is 104 cm³/mol. The van der Waals surface area contributed by atoms with Crippen LogP contribution in [0.2, 0.25) is 10.2 Å². The number of pyridine rings is 1. The van der Waals surface area contributed by atoms with Gasteiger partial charge < -0.3 is 15.0 Å². The van der Waals surface area contributed by atoms with Gasteiger partial charge in [-0.3, -0.25) is 4.79 Å². The highest BCUT2D eigenvalue weighted by atomic mass is 35.5. The summed E-state index contributed by atoms with van der Waals surface area (Å²) in [6.45, 7) is 2.52. The summed E-state index contributed by atoms with van der Waals surface area (Å²) in [5.41, 5.74) is 0.763. The molecule has 0 saturated carbocycles. The van der Waals surface area contributed by atoms with E-state index in [4.69, 9.17) is 27.9 Å². The van der Waals surface area contributed by atoms with Gasteiger partial charge in [0.05, 0.1) is 0 Å². The Morgan fingerprint density at radius 1 is 1.11 bits per heavy atom. The number of halogens is 2. The Balaban J connectivity index is 1.32. The zero-order valence-electron chi connectivity index (χ0n) is 14.3. The van der Waals surface area contributed by atoms with Gasteiger partial charge in [0.2, 0.25) is 6.35 Å². The molecule has 6 nitrogen and oxygen atoms in total. The molecule has 1 fully saturated rings. The molecule has 138 valence electrons. The lowest BCUT2D eigenvalue weighted by Gasteiger charge is -2.36. The van der Waals surface area contributed by atoms with E-state index < -0.39 is 0 Å². The smallest absolute Gasteiger partial charge is 0.298 e. The maximum Gasteiger partial charge on any atom is 0.298 e. The Bertz CT molecular complexity index is 916. The molecule has 4 rings (SSSR count). The molecule has 1 atom stereocenters. The molecule has 2 aliphatic rings. The van der Waals surface area contributed by atoms with E-state index in [9.17, 15) is 4.79 Å². The van der Waals surface area contributed by atoms with E-state index in [1.807, 2.05) is 0 Å². The standard InChI is InChI=1S/C19H16Cl2N4O2/c20-14-4-1-13(2-5-14)3-8-17(26)24-9-11-25(12-10-24)19-23-18-15(27-19)6-7-16(21)22-18/h1-2,4-7,19H,9-12H2,(H,22,23). The minimum absolute atomic E-state index is 0.179. The van der Waals surface area contributed by atoms with Crippen LogP contribution < -0.4 is 10.1 Å². The van der Waals surface area contributed by atoms with Crippen LogP contribution >= 0.6 is 23.2 Å². The third-order valence-electron chi connectivity index (χ3n) is 4.41. The molecule has 1 aromatic carbocycles. The van der Waals surface area contributed by atoms with Crippen molar-refractivity contribution in [3.63, 3.8) is 0 Å². The van der Waals surface area contributed by atoms with Gasteiger partial charge in [0.1, 0.15) is 5.15 Å². The number of nitrogens with one attached hydrogen (secondary N) is 1. The Labute approximate surface area is 167 Å². The van der Waals surface area contributed by atoms with Gasteiger partial charge in [-0.15, -0.1) is 0 Å². The van der Waals surface area contributed by atoms with E-state index in [1.54, 1.807) is 41.3 Å². The van der Waals surface area contributed by atoms with Crippen molar-refractivity contribution in [2.45, 2.75) is 6.35 Å². The summed E-state index contributed by atoms with van der Waals surface area (Å²) in [6.07, 6.45) is -0.302. The van der Waals surface area contributed by atoms with Crippen LogP contribution in [0.1, 0.15) is 5.56 Å². The van der Waals surface area contributed by atoms with Crippen molar-refractivity contribution in [1.29, 1.82) is 0 Å². The summed E-state index contributed by atoms with van der Waals surface area (Å²) >= 11 is 11.8. The van der Waals surface area contributed by atoms with E-state index in [1.165, 1.54) is 0 Å². The Morgan fingerprint density at radius 2 is 1.85 bits per heavy atom. The zero-order chi connectivity index (χ0) is 18.8. The average Bonchev–Trinajstić information content (AvgIpc) is 3.10. The van der Waals surface area contributed by atoms with Gasteiger partial charge in [-0.25, -0.2) is 9.88 Å². The number of carbonyl (C=O) groups excluding carboxylic acids is 1. The fraction of sp³-hybridized carbons (Fsp3) is 0.263. The molecule has 0 radical (unpaired) electrons. The predicted octanol–water partition coefficient (Wildman–Crippen LogP) is 2.67. The highest BCUT2D eigenvalue weighted by molar-refractivity contribution is 6.30. The first-order valence-corrected chi connectivity index (χ1v) is 9.24. The molecular formula is C19H16Cl2N4O2. The number of amides is 1. The van der Waals surface area contributed by atoms with Gasteiger partial charge in [-0.1, -0.05) is 29.1 Å². The third kappa shape index (κ3) is 4.11. The van der Waals surface area contributed by atoms with Crippen molar-refractivity contribution >= 4 is 34.9 Å². The van der Waals surface area contributed by atoms with Crippen LogP contribution in [0.15, 0.2) is 36.4 Å². The molecule has 0 spiro atoms. The van der Waals surface area contributed by atoms with E-state index in [-0.39, 0.29) is 12.3 Å². The minimum atomic E-state index is -0.302.